The molecule has 6 nitrogen and oxygen atoms in total. The van der Waals surface area contributed by atoms with Crippen molar-refractivity contribution < 1.29 is 4.74 Å². The van der Waals surface area contributed by atoms with Crippen LogP contribution in [0.25, 0.3) is 11.5 Å². The summed E-state index contributed by atoms with van der Waals surface area (Å²) in [5.74, 6) is 1.42. The van der Waals surface area contributed by atoms with Crippen molar-refractivity contribution in [3.8, 4) is 11.5 Å². The summed E-state index contributed by atoms with van der Waals surface area (Å²) in [6.07, 6.45) is 3.05. The maximum absolute atomic E-state index is 5.86. The lowest BCUT2D eigenvalue weighted by Gasteiger charge is -2.19. The van der Waals surface area contributed by atoms with Gasteiger partial charge in [-0.15, -0.1) is 10.2 Å². The van der Waals surface area contributed by atoms with Crippen LogP contribution in [0.4, 0.5) is 5.82 Å². The Kier molecular flexibility index (Phi) is 2.94. The van der Waals surface area contributed by atoms with Crippen LogP contribution in [0.2, 0.25) is 25.7 Å². The van der Waals surface area contributed by atoms with Crippen LogP contribution in [0.15, 0.2) is 28.7 Å². The first-order valence-electron chi connectivity index (χ1n) is 6.39. The zero-order valence-electron chi connectivity index (χ0n) is 11.4. The van der Waals surface area contributed by atoms with Gasteiger partial charge in [-0.05, 0) is 12.1 Å². The zero-order chi connectivity index (χ0) is 13.5. The van der Waals surface area contributed by atoms with E-state index in [0.29, 0.717) is 12.4 Å². The molecule has 0 aromatic rings. The van der Waals surface area contributed by atoms with E-state index in [9.17, 15) is 0 Å². The van der Waals surface area contributed by atoms with Crippen molar-refractivity contribution in [2.45, 2.75) is 32.0 Å². The van der Waals surface area contributed by atoms with Crippen LogP contribution < -0.4 is 0 Å². The number of azo groups is 1. The molecule has 0 aliphatic carbocycles. The first kappa shape index (κ1) is 12.4. The largest absolute Gasteiger partial charge is 0.338 e. The predicted molar refractivity (Wildman–Crippen MR) is 74.3 cm³/mol. The fourth-order valence-electron chi connectivity index (χ4n) is 1.96. The van der Waals surface area contributed by atoms with Gasteiger partial charge in [0.25, 0.3) is 6.35 Å². The van der Waals surface area contributed by atoms with Gasteiger partial charge in [-0.3, -0.25) is 4.57 Å². The Bertz CT molecular complexity index is 588. The highest BCUT2D eigenvalue weighted by atomic mass is 28.3. The second-order valence-corrected chi connectivity index (χ2v) is 11.5. The highest BCUT2D eigenvalue weighted by Gasteiger charge is 2.25. The molecule has 0 N–H and O–H groups in total. The molecule has 0 radical (unpaired) electrons. The molecule has 0 aromatic carbocycles. The Labute approximate surface area is 112 Å². The Morgan fingerprint density at radius 1 is 1.32 bits per heavy atom. The lowest BCUT2D eigenvalue weighted by molar-refractivity contribution is 0.0216. The van der Waals surface area contributed by atoms with E-state index in [-0.39, 0.29) is 6.35 Å². The molecule has 0 aromatic heterocycles. The summed E-state index contributed by atoms with van der Waals surface area (Å²) in [7, 11) is -1.09. The van der Waals surface area contributed by atoms with Crippen molar-refractivity contribution in [3.63, 3.8) is 0 Å². The molecule has 19 heavy (non-hydrogen) atoms. The lowest BCUT2D eigenvalue weighted by atomic mass is 10.4. The van der Waals surface area contributed by atoms with Crippen LogP contribution in [0.1, 0.15) is 6.35 Å². The van der Waals surface area contributed by atoms with Crippen LogP contribution in [0.3, 0.4) is 0 Å². The molecule has 1 unspecified atom stereocenters. The molecule has 0 amide bonds. The van der Waals surface area contributed by atoms with Crippen LogP contribution in [-0.4, -0.2) is 29.2 Å². The summed E-state index contributed by atoms with van der Waals surface area (Å²) in [4.78, 5) is 8.42. The summed E-state index contributed by atoms with van der Waals surface area (Å²) >= 11 is 0. The van der Waals surface area contributed by atoms with Gasteiger partial charge in [-0.1, -0.05) is 19.6 Å². The van der Waals surface area contributed by atoms with Gasteiger partial charge >= 0.3 is 0 Å². The molecule has 3 aliphatic heterocycles. The third-order valence-corrected chi connectivity index (χ3v) is 4.77. The summed E-state index contributed by atoms with van der Waals surface area (Å²) in [6, 6.07) is 3.03. The van der Waals surface area contributed by atoms with Gasteiger partial charge in [0.15, 0.2) is 11.6 Å². The van der Waals surface area contributed by atoms with Gasteiger partial charge in [-0.25, -0.2) is 9.97 Å². The predicted octanol–water partition coefficient (Wildman–Crippen LogP) is 3.29. The molecular weight excluding hydrogens is 258 g/mol. The smallest absolute Gasteiger partial charge is 0.253 e. The molecule has 1 atom stereocenters. The topological polar surface area (TPSA) is 64.7 Å². The summed E-state index contributed by atoms with van der Waals surface area (Å²) in [5, 5.41) is 8.28. The third kappa shape index (κ3) is 2.43. The van der Waals surface area contributed by atoms with Gasteiger partial charge in [0.1, 0.15) is 0 Å². The first-order chi connectivity index (χ1) is 9.04. The highest BCUT2D eigenvalue weighted by molar-refractivity contribution is 6.76. The van der Waals surface area contributed by atoms with Crippen molar-refractivity contribution in [2.75, 3.05) is 6.61 Å². The van der Waals surface area contributed by atoms with Crippen molar-refractivity contribution >= 4 is 13.9 Å². The molecule has 3 rings (SSSR count). The highest BCUT2D eigenvalue weighted by Crippen LogP contribution is 2.34. The molecule has 0 saturated heterocycles. The van der Waals surface area contributed by atoms with Crippen molar-refractivity contribution in [1.29, 1.82) is 0 Å². The quantitative estimate of drug-likeness (QED) is 0.804. The van der Waals surface area contributed by atoms with Crippen LogP contribution in [-0.2, 0) is 4.74 Å². The van der Waals surface area contributed by atoms with E-state index in [1.165, 1.54) is 0 Å². The van der Waals surface area contributed by atoms with E-state index in [1.54, 1.807) is 12.4 Å². The van der Waals surface area contributed by atoms with E-state index < -0.39 is 8.07 Å². The fourth-order valence-corrected chi connectivity index (χ4v) is 2.69. The number of ether oxygens (including phenoxy) is 1. The van der Waals surface area contributed by atoms with Gasteiger partial charge in [-0.2, -0.15) is 0 Å². The average Bonchev–Trinajstić information content (AvgIpc) is 2.92. The SMILES string of the molecule is C[Si](C)(C)CCOC1N=Nc2cnc3nccc-3n21. The maximum atomic E-state index is 5.86. The lowest BCUT2D eigenvalue weighted by Crippen LogP contribution is -2.23. The van der Waals surface area contributed by atoms with Crippen molar-refractivity contribution in [2.24, 2.45) is 10.2 Å². The molecule has 0 spiro atoms. The number of rotatable bonds is 4. The molecule has 0 fully saturated rings. The second kappa shape index (κ2) is 4.50. The Hall–Kier alpha value is -1.60. The average molecular weight is 275 g/mol. The van der Waals surface area contributed by atoms with Crippen LogP contribution in [0.5, 0.6) is 0 Å². The molecule has 3 heterocycles. The van der Waals surface area contributed by atoms with Gasteiger partial charge in [0.05, 0.1) is 11.9 Å². The second-order valence-electron chi connectivity index (χ2n) is 5.86. The normalized spacial score (nSPS) is 18.2. The number of hydrogen-bond acceptors (Lipinski definition) is 5. The molecule has 7 heteroatoms. The van der Waals surface area contributed by atoms with Gasteiger partial charge in [0, 0.05) is 20.9 Å². The number of hydrogen-bond donors (Lipinski definition) is 0. The Morgan fingerprint density at radius 3 is 2.95 bits per heavy atom. The van der Waals surface area contributed by atoms with Crippen molar-refractivity contribution in [1.82, 2.24) is 14.5 Å². The number of aromatic nitrogens is 3. The van der Waals surface area contributed by atoms with Crippen LogP contribution >= 0.6 is 0 Å². The van der Waals surface area contributed by atoms with E-state index in [1.807, 2.05) is 10.6 Å². The monoisotopic (exact) mass is 275 g/mol. The molecule has 0 saturated carbocycles. The number of nitrogens with zero attached hydrogens (tertiary/aromatic N) is 5. The Balaban J connectivity index is 1.78. The minimum atomic E-state index is -1.09. The minimum Gasteiger partial charge on any atom is -0.338 e. The minimum absolute atomic E-state index is 0.374. The third-order valence-electron chi connectivity index (χ3n) is 3.07. The van der Waals surface area contributed by atoms with Gasteiger partial charge in [0.2, 0.25) is 0 Å². The Morgan fingerprint density at radius 2 is 2.16 bits per heavy atom. The van der Waals surface area contributed by atoms with Gasteiger partial charge < -0.3 is 4.74 Å². The van der Waals surface area contributed by atoms with Crippen molar-refractivity contribution in [3.05, 3.63) is 18.5 Å². The summed E-state index contributed by atoms with van der Waals surface area (Å²) in [6.45, 7) is 7.70. The number of fused-ring (bicyclic) bond motifs is 3. The first-order valence-corrected chi connectivity index (χ1v) is 10.1. The molecular formula is C12H17N5OSi. The van der Waals surface area contributed by atoms with E-state index in [4.69, 9.17) is 4.74 Å². The molecule has 100 valence electrons. The van der Waals surface area contributed by atoms with E-state index >= 15 is 0 Å². The zero-order valence-corrected chi connectivity index (χ0v) is 12.4. The molecule has 3 aliphatic rings. The summed E-state index contributed by atoms with van der Waals surface area (Å²) < 4.78 is 7.81. The van der Waals surface area contributed by atoms with E-state index in [2.05, 4.69) is 39.8 Å². The summed E-state index contributed by atoms with van der Waals surface area (Å²) in [5.41, 5.74) is 0.917. The van der Waals surface area contributed by atoms with Crippen LogP contribution in [0, 0.1) is 0 Å². The fraction of sp³-hybridized carbons (Fsp3) is 0.500. The standard InChI is InChI=1S/C12H17N5OSi/c1-19(2,3)7-6-18-12-16-15-10-8-14-11-9(17(10)12)4-5-13-11/h4-5,8,12H,6-7H2,1-3H3. The van der Waals surface area contributed by atoms with E-state index in [0.717, 1.165) is 17.6 Å². The maximum Gasteiger partial charge on any atom is 0.253 e. The molecule has 0 bridgehead atoms.